The summed E-state index contributed by atoms with van der Waals surface area (Å²) in [6.07, 6.45) is 4.77. The Labute approximate surface area is 111 Å². The molecule has 0 fully saturated rings. The van der Waals surface area contributed by atoms with Crippen LogP contribution in [0.3, 0.4) is 0 Å². The van der Waals surface area contributed by atoms with E-state index in [9.17, 15) is 0 Å². The second-order valence-corrected chi connectivity index (χ2v) is 5.54. The first kappa shape index (κ1) is 12.6. The van der Waals surface area contributed by atoms with Crippen LogP contribution < -0.4 is 5.32 Å². The van der Waals surface area contributed by atoms with Crippen LogP contribution in [-0.4, -0.2) is 12.0 Å². The van der Waals surface area contributed by atoms with Gasteiger partial charge in [-0.2, -0.15) is 0 Å². The van der Waals surface area contributed by atoms with Crippen molar-refractivity contribution in [3.8, 4) is 0 Å². The van der Waals surface area contributed by atoms with Gasteiger partial charge in [-0.25, -0.2) is 0 Å². The number of nitrogens with one attached hydrogen (secondary N) is 1. The number of nitrogens with zero attached hydrogens (tertiary/aromatic N) is 1. The predicted molar refractivity (Wildman–Crippen MR) is 73.8 cm³/mol. The van der Waals surface area contributed by atoms with Gasteiger partial charge in [-0.1, -0.05) is 18.5 Å². The topological polar surface area (TPSA) is 24.9 Å². The van der Waals surface area contributed by atoms with Gasteiger partial charge in [-0.05, 0) is 42.8 Å². The lowest BCUT2D eigenvalue weighted by Crippen LogP contribution is -2.18. The Morgan fingerprint density at radius 3 is 2.82 bits per heavy atom. The Kier molecular flexibility index (Phi) is 4.15. The molecular formula is C13H15ClN2S. The zero-order chi connectivity index (χ0) is 12.3. The van der Waals surface area contributed by atoms with Gasteiger partial charge >= 0.3 is 0 Å². The highest BCUT2D eigenvalue weighted by Gasteiger charge is 2.16. The average Bonchev–Trinajstić information content (AvgIpc) is 2.77. The summed E-state index contributed by atoms with van der Waals surface area (Å²) in [5.74, 6) is 0. The van der Waals surface area contributed by atoms with Crippen molar-refractivity contribution in [3.05, 3.63) is 50.9 Å². The SMILES string of the molecule is CCc1cnccc1C(NC)c1ccc(Cl)s1. The first-order valence-corrected chi connectivity index (χ1v) is 6.81. The summed E-state index contributed by atoms with van der Waals surface area (Å²) in [6.45, 7) is 2.15. The van der Waals surface area contributed by atoms with Crippen molar-refractivity contribution in [2.75, 3.05) is 7.05 Å². The number of rotatable bonds is 4. The third kappa shape index (κ3) is 2.68. The maximum Gasteiger partial charge on any atom is 0.0931 e. The van der Waals surface area contributed by atoms with Crippen molar-refractivity contribution in [1.82, 2.24) is 10.3 Å². The summed E-state index contributed by atoms with van der Waals surface area (Å²) in [5.41, 5.74) is 2.56. The van der Waals surface area contributed by atoms with Gasteiger partial charge in [0.2, 0.25) is 0 Å². The van der Waals surface area contributed by atoms with E-state index < -0.39 is 0 Å². The number of hydrogen-bond acceptors (Lipinski definition) is 3. The summed E-state index contributed by atoms with van der Waals surface area (Å²) >= 11 is 7.62. The van der Waals surface area contributed by atoms with Crippen molar-refractivity contribution in [1.29, 1.82) is 0 Å². The van der Waals surface area contributed by atoms with Gasteiger partial charge in [0, 0.05) is 17.3 Å². The van der Waals surface area contributed by atoms with Crippen molar-refractivity contribution < 1.29 is 0 Å². The fourth-order valence-electron chi connectivity index (χ4n) is 1.95. The number of aromatic nitrogens is 1. The van der Waals surface area contributed by atoms with Gasteiger partial charge in [0.1, 0.15) is 0 Å². The molecule has 0 aliphatic carbocycles. The third-order valence-electron chi connectivity index (χ3n) is 2.80. The lowest BCUT2D eigenvalue weighted by molar-refractivity contribution is 0.694. The molecule has 2 heterocycles. The first-order valence-electron chi connectivity index (χ1n) is 5.61. The molecule has 0 saturated carbocycles. The Morgan fingerprint density at radius 1 is 1.41 bits per heavy atom. The Balaban J connectivity index is 2.41. The standard InChI is InChI=1S/C13H15ClN2S/c1-3-9-8-16-7-6-10(9)13(15-2)11-4-5-12(14)17-11/h4-8,13,15H,3H2,1-2H3. The molecule has 1 N–H and O–H groups in total. The van der Waals surface area contributed by atoms with Crippen LogP contribution in [0.2, 0.25) is 4.34 Å². The molecule has 2 nitrogen and oxygen atoms in total. The van der Waals surface area contributed by atoms with Crippen molar-refractivity contribution in [2.24, 2.45) is 0 Å². The molecule has 1 atom stereocenters. The minimum Gasteiger partial charge on any atom is -0.309 e. The van der Waals surface area contributed by atoms with Gasteiger partial charge in [-0.3, -0.25) is 4.98 Å². The van der Waals surface area contributed by atoms with Gasteiger partial charge in [-0.15, -0.1) is 11.3 Å². The molecule has 2 aromatic heterocycles. The number of halogens is 1. The summed E-state index contributed by atoms with van der Waals surface area (Å²) in [4.78, 5) is 5.42. The van der Waals surface area contributed by atoms with Crippen LogP contribution in [0.15, 0.2) is 30.6 Å². The molecule has 2 aromatic rings. The molecule has 0 spiro atoms. The maximum absolute atomic E-state index is 6.00. The zero-order valence-electron chi connectivity index (χ0n) is 9.90. The van der Waals surface area contributed by atoms with Crippen LogP contribution in [0.5, 0.6) is 0 Å². The normalized spacial score (nSPS) is 12.6. The van der Waals surface area contributed by atoms with Crippen LogP contribution in [0.1, 0.15) is 29.0 Å². The summed E-state index contributed by atoms with van der Waals surface area (Å²) in [6, 6.07) is 6.30. The van der Waals surface area contributed by atoms with Crippen molar-refractivity contribution >= 4 is 22.9 Å². The van der Waals surface area contributed by atoms with E-state index >= 15 is 0 Å². The molecule has 0 bridgehead atoms. The molecule has 0 radical (unpaired) electrons. The summed E-state index contributed by atoms with van der Waals surface area (Å²) < 4.78 is 0.826. The van der Waals surface area contributed by atoms with E-state index in [1.165, 1.54) is 16.0 Å². The second-order valence-electron chi connectivity index (χ2n) is 3.79. The van der Waals surface area contributed by atoms with Gasteiger partial charge < -0.3 is 5.32 Å². The van der Waals surface area contributed by atoms with Crippen molar-refractivity contribution in [2.45, 2.75) is 19.4 Å². The zero-order valence-corrected chi connectivity index (χ0v) is 11.5. The number of thiophene rings is 1. The number of pyridine rings is 1. The van der Waals surface area contributed by atoms with Gasteiger partial charge in [0.05, 0.1) is 10.4 Å². The molecule has 0 aliphatic heterocycles. The van der Waals surface area contributed by atoms with E-state index in [0.717, 1.165) is 10.8 Å². The molecule has 1 unspecified atom stereocenters. The molecule has 17 heavy (non-hydrogen) atoms. The molecule has 4 heteroatoms. The van der Waals surface area contributed by atoms with E-state index in [0.29, 0.717) is 0 Å². The van der Waals surface area contributed by atoms with E-state index in [2.05, 4.69) is 29.4 Å². The van der Waals surface area contributed by atoms with Gasteiger partial charge in [0.25, 0.3) is 0 Å². The van der Waals surface area contributed by atoms with E-state index in [1.54, 1.807) is 11.3 Å². The van der Waals surface area contributed by atoms with Crippen LogP contribution in [0.25, 0.3) is 0 Å². The summed E-state index contributed by atoms with van der Waals surface area (Å²) in [7, 11) is 1.97. The Morgan fingerprint density at radius 2 is 2.24 bits per heavy atom. The highest BCUT2D eigenvalue weighted by atomic mass is 35.5. The van der Waals surface area contributed by atoms with Gasteiger partial charge in [0.15, 0.2) is 0 Å². The van der Waals surface area contributed by atoms with Crippen LogP contribution in [0.4, 0.5) is 0 Å². The van der Waals surface area contributed by atoms with E-state index in [-0.39, 0.29) is 6.04 Å². The molecule has 2 rings (SSSR count). The monoisotopic (exact) mass is 266 g/mol. The second kappa shape index (κ2) is 5.63. The average molecular weight is 267 g/mol. The smallest absolute Gasteiger partial charge is 0.0931 e. The number of aryl methyl sites for hydroxylation is 1. The molecule has 0 saturated heterocycles. The molecule has 0 aromatic carbocycles. The van der Waals surface area contributed by atoms with Crippen LogP contribution >= 0.6 is 22.9 Å². The van der Waals surface area contributed by atoms with Crippen LogP contribution in [0, 0.1) is 0 Å². The van der Waals surface area contributed by atoms with Crippen molar-refractivity contribution in [3.63, 3.8) is 0 Å². The molecule has 90 valence electrons. The Hall–Kier alpha value is -0.900. The Bertz CT molecular complexity index is 496. The highest BCUT2D eigenvalue weighted by molar-refractivity contribution is 7.16. The highest BCUT2D eigenvalue weighted by Crippen LogP contribution is 2.32. The fourth-order valence-corrected chi connectivity index (χ4v) is 3.14. The molecular weight excluding hydrogens is 252 g/mol. The predicted octanol–water partition coefficient (Wildman–Crippen LogP) is 3.67. The first-order chi connectivity index (χ1) is 8.26. The number of hydrogen-bond donors (Lipinski definition) is 1. The third-order valence-corrected chi connectivity index (χ3v) is 4.10. The summed E-state index contributed by atoms with van der Waals surface area (Å²) in [5, 5.41) is 3.35. The lowest BCUT2D eigenvalue weighted by Gasteiger charge is -2.17. The lowest BCUT2D eigenvalue weighted by atomic mass is 10.00. The van der Waals surface area contributed by atoms with Crippen LogP contribution in [-0.2, 0) is 6.42 Å². The molecule has 0 aliphatic rings. The van der Waals surface area contributed by atoms with E-state index in [1.807, 2.05) is 25.5 Å². The minimum atomic E-state index is 0.199. The fraction of sp³-hybridized carbons (Fsp3) is 0.308. The maximum atomic E-state index is 6.00. The largest absolute Gasteiger partial charge is 0.309 e. The van der Waals surface area contributed by atoms with E-state index in [4.69, 9.17) is 11.6 Å². The molecule has 0 amide bonds. The minimum absolute atomic E-state index is 0.199. The quantitative estimate of drug-likeness (QED) is 0.913.